The van der Waals surface area contributed by atoms with Gasteiger partial charge in [-0.3, -0.25) is 4.79 Å². The van der Waals surface area contributed by atoms with Crippen LogP contribution in [-0.2, 0) is 4.79 Å². The van der Waals surface area contributed by atoms with Crippen molar-refractivity contribution in [3.63, 3.8) is 0 Å². The van der Waals surface area contributed by atoms with E-state index in [0.29, 0.717) is 11.5 Å². The number of hydrogen-bond donors (Lipinski definition) is 1. The number of benzene rings is 1. The van der Waals surface area contributed by atoms with Gasteiger partial charge in [-0.15, -0.1) is 11.8 Å². The summed E-state index contributed by atoms with van der Waals surface area (Å²) in [5.41, 5.74) is 0. The van der Waals surface area contributed by atoms with Crippen molar-refractivity contribution in [1.82, 2.24) is 5.32 Å². The van der Waals surface area contributed by atoms with Gasteiger partial charge < -0.3 is 14.8 Å². The van der Waals surface area contributed by atoms with E-state index in [2.05, 4.69) is 12.2 Å². The summed E-state index contributed by atoms with van der Waals surface area (Å²) >= 11 is 1.51. The molecule has 0 aromatic heterocycles. The van der Waals surface area contributed by atoms with Gasteiger partial charge in [0.2, 0.25) is 5.91 Å². The molecule has 1 aromatic carbocycles. The number of methoxy groups -OCH3 is 2. The minimum absolute atomic E-state index is 0.0548. The SMILES string of the molecule is CC[C@@H](C)NC(=O)[C@@H](C)Sc1ccc(OC)c(OC)c1. The van der Waals surface area contributed by atoms with Crippen LogP contribution in [-0.4, -0.2) is 31.4 Å². The van der Waals surface area contributed by atoms with Crippen LogP contribution in [0.4, 0.5) is 0 Å². The molecule has 112 valence electrons. The standard InChI is InChI=1S/C15H23NO3S/c1-6-10(2)16-15(17)11(3)20-12-7-8-13(18-4)14(9-12)19-5/h7-11H,6H2,1-5H3,(H,16,17)/t10-,11-/m1/s1. The van der Waals surface area contributed by atoms with E-state index in [1.54, 1.807) is 14.2 Å². The highest BCUT2D eigenvalue weighted by molar-refractivity contribution is 8.00. The third-order valence-electron chi connectivity index (χ3n) is 3.04. The number of carbonyl (C=O) groups is 1. The van der Waals surface area contributed by atoms with E-state index >= 15 is 0 Å². The lowest BCUT2D eigenvalue weighted by molar-refractivity contribution is -0.120. The van der Waals surface area contributed by atoms with Crippen molar-refractivity contribution in [2.45, 2.75) is 43.4 Å². The Balaban J connectivity index is 2.70. The zero-order valence-corrected chi connectivity index (χ0v) is 13.5. The van der Waals surface area contributed by atoms with Gasteiger partial charge in [0.25, 0.3) is 0 Å². The van der Waals surface area contributed by atoms with Crippen molar-refractivity contribution in [3.05, 3.63) is 18.2 Å². The van der Waals surface area contributed by atoms with E-state index < -0.39 is 0 Å². The second-order valence-electron chi connectivity index (χ2n) is 4.59. The van der Waals surface area contributed by atoms with Crippen LogP contribution in [0.2, 0.25) is 0 Å². The molecule has 0 saturated heterocycles. The predicted molar refractivity (Wildman–Crippen MR) is 82.8 cm³/mol. The molecule has 0 aliphatic heterocycles. The van der Waals surface area contributed by atoms with Crippen molar-refractivity contribution in [2.24, 2.45) is 0 Å². The van der Waals surface area contributed by atoms with Crippen molar-refractivity contribution >= 4 is 17.7 Å². The van der Waals surface area contributed by atoms with Crippen molar-refractivity contribution < 1.29 is 14.3 Å². The molecule has 0 heterocycles. The second kappa shape index (κ2) is 8.04. The largest absolute Gasteiger partial charge is 0.493 e. The summed E-state index contributed by atoms with van der Waals surface area (Å²) in [6.45, 7) is 5.96. The molecule has 1 aromatic rings. The Kier molecular flexibility index (Phi) is 6.71. The Hall–Kier alpha value is -1.36. The molecule has 0 aliphatic carbocycles. The summed E-state index contributed by atoms with van der Waals surface area (Å²) in [6.07, 6.45) is 0.930. The molecule has 1 rings (SSSR count). The molecule has 0 aliphatic rings. The number of amides is 1. The molecular weight excluding hydrogens is 274 g/mol. The molecule has 4 nitrogen and oxygen atoms in total. The Morgan fingerprint density at radius 3 is 2.45 bits per heavy atom. The molecule has 0 unspecified atom stereocenters. The van der Waals surface area contributed by atoms with Crippen molar-refractivity contribution in [1.29, 1.82) is 0 Å². The van der Waals surface area contributed by atoms with Crippen LogP contribution >= 0.6 is 11.8 Å². The number of rotatable bonds is 7. The molecule has 1 amide bonds. The maximum atomic E-state index is 12.0. The molecule has 5 heteroatoms. The van der Waals surface area contributed by atoms with Gasteiger partial charge in [0, 0.05) is 10.9 Å². The third kappa shape index (κ3) is 4.63. The molecule has 0 spiro atoms. The maximum absolute atomic E-state index is 12.0. The lowest BCUT2D eigenvalue weighted by atomic mass is 10.2. The predicted octanol–water partition coefficient (Wildman–Crippen LogP) is 3.10. The van der Waals surface area contributed by atoms with E-state index in [4.69, 9.17) is 9.47 Å². The van der Waals surface area contributed by atoms with Gasteiger partial charge in [0.05, 0.1) is 19.5 Å². The fourth-order valence-electron chi connectivity index (χ4n) is 1.61. The molecule has 2 atom stereocenters. The van der Waals surface area contributed by atoms with Crippen LogP contribution in [0.25, 0.3) is 0 Å². The zero-order valence-electron chi connectivity index (χ0n) is 12.7. The van der Waals surface area contributed by atoms with Gasteiger partial charge in [-0.25, -0.2) is 0 Å². The first-order valence-corrected chi connectivity index (χ1v) is 7.58. The Morgan fingerprint density at radius 2 is 1.90 bits per heavy atom. The molecule has 0 bridgehead atoms. The normalized spacial score (nSPS) is 13.4. The lowest BCUT2D eigenvalue weighted by Gasteiger charge is -2.16. The highest BCUT2D eigenvalue weighted by atomic mass is 32.2. The van der Waals surface area contributed by atoms with Crippen molar-refractivity contribution in [3.8, 4) is 11.5 Å². The van der Waals surface area contributed by atoms with E-state index in [-0.39, 0.29) is 17.2 Å². The maximum Gasteiger partial charge on any atom is 0.233 e. The van der Waals surface area contributed by atoms with Crippen LogP contribution in [0, 0.1) is 0 Å². The number of carbonyl (C=O) groups excluding carboxylic acids is 1. The molecular formula is C15H23NO3S. The Morgan fingerprint density at radius 1 is 1.25 bits per heavy atom. The molecule has 0 radical (unpaired) electrons. The topological polar surface area (TPSA) is 47.6 Å². The van der Waals surface area contributed by atoms with Crippen LogP contribution in [0.3, 0.4) is 0 Å². The summed E-state index contributed by atoms with van der Waals surface area (Å²) in [6, 6.07) is 5.87. The van der Waals surface area contributed by atoms with Crippen molar-refractivity contribution in [2.75, 3.05) is 14.2 Å². The minimum Gasteiger partial charge on any atom is -0.493 e. The third-order valence-corrected chi connectivity index (χ3v) is 4.13. The van der Waals surface area contributed by atoms with Gasteiger partial charge in [-0.2, -0.15) is 0 Å². The van der Waals surface area contributed by atoms with E-state index in [1.165, 1.54) is 11.8 Å². The first-order valence-electron chi connectivity index (χ1n) is 6.70. The van der Waals surface area contributed by atoms with Gasteiger partial charge >= 0.3 is 0 Å². The molecule has 0 saturated carbocycles. The summed E-state index contributed by atoms with van der Waals surface area (Å²) in [4.78, 5) is 13.0. The second-order valence-corrected chi connectivity index (χ2v) is 6.01. The first-order chi connectivity index (χ1) is 9.51. The van der Waals surface area contributed by atoms with Crippen LogP contribution in [0.15, 0.2) is 23.1 Å². The van der Waals surface area contributed by atoms with E-state index in [1.807, 2.05) is 32.0 Å². The van der Waals surface area contributed by atoms with Gasteiger partial charge in [-0.05, 0) is 38.5 Å². The van der Waals surface area contributed by atoms with E-state index in [0.717, 1.165) is 11.3 Å². The van der Waals surface area contributed by atoms with E-state index in [9.17, 15) is 4.79 Å². The fraction of sp³-hybridized carbons (Fsp3) is 0.533. The molecule has 0 fully saturated rings. The number of thioether (sulfide) groups is 1. The minimum atomic E-state index is -0.151. The van der Waals surface area contributed by atoms with Crippen LogP contribution in [0.5, 0.6) is 11.5 Å². The number of hydrogen-bond acceptors (Lipinski definition) is 4. The average molecular weight is 297 g/mol. The quantitative estimate of drug-likeness (QED) is 0.786. The van der Waals surface area contributed by atoms with Crippen LogP contribution < -0.4 is 14.8 Å². The summed E-state index contributed by atoms with van der Waals surface area (Å²) < 4.78 is 10.5. The van der Waals surface area contributed by atoms with Crippen LogP contribution in [0.1, 0.15) is 27.2 Å². The Labute approximate surface area is 125 Å². The molecule has 1 N–H and O–H groups in total. The van der Waals surface area contributed by atoms with Gasteiger partial charge in [0.1, 0.15) is 0 Å². The summed E-state index contributed by atoms with van der Waals surface area (Å²) in [5.74, 6) is 1.42. The van der Waals surface area contributed by atoms with Gasteiger partial charge in [0.15, 0.2) is 11.5 Å². The zero-order chi connectivity index (χ0) is 15.1. The average Bonchev–Trinajstić information content (AvgIpc) is 2.46. The highest BCUT2D eigenvalue weighted by Gasteiger charge is 2.16. The lowest BCUT2D eigenvalue weighted by Crippen LogP contribution is -2.37. The monoisotopic (exact) mass is 297 g/mol. The molecule has 20 heavy (non-hydrogen) atoms. The Bertz CT molecular complexity index is 451. The fourth-order valence-corrected chi connectivity index (χ4v) is 2.51. The number of ether oxygens (including phenoxy) is 2. The van der Waals surface area contributed by atoms with Gasteiger partial charge in [-0.1, -0.05) is 6.92 Å². The number of nitrogens with one attached hydrogen (secondary N) is 1. The summed E-state index contributed by atoms with van der Waals surface area (Å²) in [7, 11) is 3.21. The smallest absolute Gasteiger partial charge is 0.233 e. The highest BCUT2D eigenvalue weighted by Crippen LogP contribution is 2.33. The first kappa shape index (κ1) is 16.7. The summed E-state index contributed by atoms with van der Waals surface area (Å²) in [5, 5.41) is 2.83.